The summed E-state index contributed by atoms with van der Waals surface area (Å²) in [6, 6.07) is 0.156. The van der Waals surface area contributed by atoms with E-state index in [4.69, 9.17) is 4.74 Å². The quantitative estimate of drug-likeness (QED) is 0.338. The van der Waals surface area contributed by atoms with Gasteiger partial charge in [-0.3, -0.25) is 9.79 Å². The van der Waals surface area contributed by atoms with Crippen LogP contribution in [0.3, 0.4) is 0 Å². The average Bonchev–Trinajstić information content (AvgIpc) is 2.35. The molecule has 0 aliphatic carbocycles. The van der Waals surface area contributed by atoms with Gasteiger partial charge in [-0.1, -0.05) is 0 Å². The molecule has 3 N–H and O–H groups in total. The van der Waals surface area contributed by atoms with Crippen molar-refractivity contribution in [2.75, 3.05) is 33.9 Å². The standard InChI is InChI=1S/C13H28N4O2.HI/c1-7-15-11(18)13(3,4)9-16-12(14-5)17-10(2)8-19-6;/h10H,7-9H2,1-6H3,(H,15,18)(H2,14,16,17);1H. The van der Waals surface area contributed by atoms with Crippen LogP contribution in [0.25, 0.3) is 0 Å². The van der Waals surface area contributed by atoms with Crippen LogP contribution in [0.1, 0.15) is 27.7 Å². The molecule has 0 heterocycles. The van der Waals surface area contributed by atoms with Gasteiger partial charge in [-0.05, 0) is 27.7 Å². The highest BCUT2D eigenvalue weighted by Crippen LogP contribution is 2.13. The number of amides is 1. The van der Waals surface area contributed by atoms with Crippen LogP contribution < -0.4 is 16.0 Å². The van der Waals surface area contributed by atoms with Gasteiger partial charge in [0, 0.05) is 33.3 Å². The molecular formula is C13H29IN4O2. The Bertz CT molecular complexity index is 309. The monoisotopic (exact) mass is 400 g/mol. The van der Waals surface area contributed by atoms with E-state index >= 15 is 0 Å². The highest BCUT2D eigenvalue weighted by molar-refractivity contribution is 14.0. The van der Waals surface area contributed by atoms with Crippen LogP contribution in [-0.4, -0.2) is 51.8 Å². The molecule has 0 aliphatic heterocycles. The Hall–Kier alpha value is -0.570. The van der Waals surface area contributed by atoms with Crippen molar-refractivity contribution in [1.82, 2.24) is 16.0 Å². The molecule has 1 amide bonds. The minimum Gasteiger partial charge on any atom is -0.383 e. The molecule has 0 radical (unpaired) electrons. The summed E-state index contributed by atoms with van der Waals surface area (Å²) >= 11 is 0. The molecule has 1 unspecified atom stereocenters. The van der Waals surface area contributed by atoms with Crippen LogP contribution in [0.15, 0.2) is 4.99 Å². The number of methoxy groups -OCH3 is 1. The van der Waals surface area contributed by atoms with Crippen LogP contribution in [-0.2, 0) is 9.53 Å². The summed E-state index contributed by atoms with van der Waals surface area (Å²) in [6.07, 6.45) is 0. The zero-order valence-corrected chi connectivity index (χ0v) is 15.7. The summed E-state index contributed by atoms with van der Waals surface area (Å²) in [7, 11) is 3.36. The smallest absolute Gasteiger partial charge is 0.227 e. The highest BCUT2D eigenvalue weighted by atomic mass is 127. The lowest BCUT2D eigenvalue weighted by atomic mass is 9.92. The van der Waals surface area contributed by atoms with Gasteiger partial charge >= 0.3 is 0 Å². The Labute approximate surface area is 139 Å². The van der Waals surface area contributed by atoms with Crippen molar-refractivity contribution in [1.29, 1.82) is 0 Å². The number of carbonyl (C=O) groups excluding carboxylic acids is 1. The van der Waals surface area contributed by atoms with E-state index in [-0.39, 0.29) is 35.9 Å². The maximum Gasteiger partial charge on any atom is 0.227 e. The topological polar surface area (TPSA) is 74.8 Å². The lowest BCUT2D eigenvalue weighted by Gasteiger charge is -2.25. The first-order valence-corrected chi connectivity index (χ1v) is 6.61. The van der Waals surface area contributed by atoms with E-state index in [1.54, 1.807) is 14.2 Å². The predicted octanol–water partition coefficient (Wildman–Crippen LogP) is 0.967. The molecule has 1 atom stereocenters. The van der Waals surface area contributed by atoms with Crippen molar-refractivity contribution in [3.8, 4) is 0 Å². The molecule has 20 heavy (non-hydrogen) atoms. The number of halogens is 1. The van der Waals surface area contributed by atoms with Crippen molar-refractivity contribution in [3.63, 3.8) is 0 Å². The minimum absolute atomic E-state index is 0. The Balaban J connectivity index is 0. The summed E-state index contributed by atoms with van der Waals surface area (Å²) in [5, 5.41) is 9.18. The van der Waals surface area contributed by atoms with Gasteiger partial charge in [-0.15, -0.1) is 24.0 Å². The van der Waals surface area contributed by atoms with Crippen molar-refractivity contribution in [3.05, 3.63) is 0 Å². The molecule has 0 fully saturated rings. The van der Waals surface area contributed by atoms with Gasteiger partial charge < -0.3 is 20.7 Å². The fraction of sp³-hybridized carbons (Fsp3) is 0.846. The third-order valence-electron chi connectivity index (χ3n) is 2.67. The van der Waals surface area contributed by atoms with Gasteiger partial charge in [0.2, 0.25) is 5.91 Å². The number of hydrogen-bond acceptors (Lipinski definition) is 3. The molecule has 0 aromatic heterocycles. The first-order valence-electron chi connectivity index (χ1n) is 6.61. The third kappa shape index (κ3) is 8.57. The molecule has 0 aliphatic rings. The Morgan fingerprint density at radius 1 is 1.35 bits per heavy atom. The molecular weight excluding hydrogens is 371 g/mol. The normalized spacial score (nSPS) is 13.2. The lowest BCUT2D eigenvalue weighted by molar-refractivity contribution is -0.128. The predicted molar refractivity (Wildman–Crippen MR) is 93.7 cm³/mol. The molecule has 0 aromatic carbocycles. The number of carbonyl (C=O) groups is 1. The fourth-order valence-electron chi connectivity index (χ4n) is 1.50. The SMILES string of the molecule is CCNC(=O)C(C)(C)CNC(=NC)NC(C)COC.I. The summed E-state index contributed by atoms with van der Waals surface area (Å²) < 4.78 is 5.06. The van der Waals surface area contributed by atoms with E-state index < -0.39 is 5.41 Å². The molecule has 0 rings (SSSR count). The van der Waals surface area contributed by atoms with Crippen LogP contribution in [0.4, 0.5) is 0 Å². The van der Waals surface area contributed by atoms with Crippen LogP contribution in [0, 0.1) is 5.41 Å². The largest absolute Gasteiger partial charge is 0.383 e. The molecule has 0 saturated carbocycles. The molecule has 0 saturated heterocycles. The molecule has 0 spiro atoms. The fourth-order valence-corrected chi connectivity index (χ4v) is 1.50. The summed E-state index contributed by atoms with van der Waals surface area (Å²) in [5.41, 5.74) is -0.488. The first-order chi connectivity index (χ1) is 8.87. The second-order valence-corrected chi connectivity index (χ2v) is 5.17. The molecule has 120 valence electrons. The Morgan fingerprint density at radius 3 is 2.40 bits per heavy atom. The molecule has 6 nitrogen and oxygen atoms in total. The van der Waals surface area contributed by atoms with Crippen molar-refractivity contribution >= 4 is 35.8 Å². The van der Waals surface area contributed by atoms with Crippen molar-refractivity contribution < 1.29 is 9.53 Å². The first kappa shape index (κ1) is 21.7. The van der Waals surface area contributed by atoms with Gasteiger partial charge in [0.05, 0.1) is 12.0 Å². The maximum absolute atomic E-state index is 11.9. The van der Waals surface area contributed by atoms with E-state index in [1.807, 2.05) is 27.7 Å². The summed E-state index contributed by atoms with van der Waals surface area (Å²) in [6.45, 7) is 9.46. The maximum atomic E-state index is 11.9. The van der Waals surface area contributed by atoms with E-state index in [9.17, 15) is 4.79 Å². The van der Waals surface area contributed by atoms with E-state index in [0.29, 0.717) is 25.7 Å². The van der Waals surface area contributed by atoms with Gasteiger partial charge in [0.1, 0.15) is 0 Å². The van der Waals surface area contributed by atoms with Crippen LogP contribution >= 0.6 is 24.0 Å². The van der Waals surface area contributed by atoms with Gasteiger partial charge in [0.15, 0.2) is 5.96 Å². The lowest BCUT2D eigenvalue weighted by Crippen LogP contribution is -2.50. The van der Waals surface area contributed by atoms with Gasteiger partial charge in [0.25, 0.3) is 0 Å². The van der Waals surface area contributed by atoms with E-state index in [1.165, 1.54) is 0 Å². The molecule has 0 bridgehead atoms. The number of hydrogen-bond donors (Lipinski definition) is 3. The minimum atomic E-state index is -0.488. The van der Waals surface area contributed by atoms with E-state index in [0.717, 1.165) is 0 Å². The van der Waals surface area contributed by atoms with Crippen molar-refractivity contribution in [2.45, 2.75) is 33.7 Å². The average molecular weight is 400 g/mol. The summed E-state index contributed by atoms with van der Waals surface area (Å²) in [5.74, 6) is 0.699. The zero-order chi connectivity index (χ0) is 14.9. The second kappa shape index (κ2) is 11.1. The van der Waals surface area contributed by atoms with Crippen LogP contribution in [0.5, 0.6) is 0 Å². The summed E-state index contributed by atoms with van der Waals surface area (Å²) in [4.78, 5) is 16.0. The number of ether oxygens (including phenoxy) is 1. The number of aliphatic imine (C=N–C) groups is 1. The van der Waals surface area contributed by atoms with Crippen molar-refractivity contribution in [2.24, 2.45) is 10.4 Å². The number of nitrogens with one attached hydrogen (secondary N) is 3. The van der Waals surface area contributed by atoms with E-state index in [2.05, 4.69) is 20.9 Å². The highest BCUT2D eigenvalue weighted by Gasteiger charge is 2.27. The number of nitrogens with zero attached hydrogens (tertiary/aromatic N) is 1. The third-order valence-corrected chi connectivity index (χ3v) is 2.67. The van der Waals surface area contributed by atoms with Gasteiger partial charge in [-0.25, -0.2) is 0 Å². The Kier molecular flexibility index (Phi) is 12.1. The number of rotatable bonds is 7. The molecule has 7 heteroatoms. The van der Waals surface area contributed by atoms with Gasteiger partial charge in [-0.2, -0.15) is 0 Å². The molecule has 0 aromatic rings. The Morgan fingerprint density at radius 2 is 1.95 bits per heavy atom. The second-order valence-electron chi connectivity index (χ2n) is 5.17. The number of guanidine groups is 1. The van der Waals surface area contributed by atoms with Crippen LogP contribution in [0.2, 0.25) is 0 Å². The zero-order valence-electron chi connectivity index (χ0n) is 13.4.